The minimum Gasteiger partial charge on any atom is -0.339 e. The van der Waals surface area contributed by atoms with Crippen molar-refractivity contribution in [2.45, 2.75) is 75.5 Å². The third kappa shape index (κ3) is 9.90. The fraction of sp³-hybridized carbons (Fsp3) is 0.486. The predicted molar refractivity (Wildman–Crippen MR) is 187 cm³/mol. The van der Waals surface area contributed by atoms with Crippen LogP contribution in [0, 0.1) is 5.92 Å². The van der Waals surface area contributed by atoms with E-state index in [1.54, 1.807) is 36.2 Å². The molecule has 3 aliphatic rings. The molecule has 3 aromatic rings. The Morgan fingerprint density at radius 1 is 0.863 bits per heavy atom. The lowest BCUT2D eigenvalue weighted by Crippen LogP contribution is -2.56. The molecule has 1 unspecified atom stereocenters. The molecule has 1 saturated heterocycles. The molecule has 2 atom stereocenters. The van der Waals surface area contributed by atoms with Crippen LogP contribution in [0.3, 0.4) is 0 Å². The van der Waals surface area contributed by atoms with Gasteiger partial charge in [-0.2, -0.15) is 5.10 Å². The molecule has 1 aromatic heterocycles. The third-order valence-corrected chi connectivity index (χ3v) is 9.97. The second-order valence-corrected chi connectivity index (χ2v) is 13.9. The molecule has 51 heavy (non-hydrogen) atoms. The average molecular weight is 705 g/mol. The zero-order chi connectivity index (χ0) is 36.0. The van der Waals surface area contributed by atoms with E-state index in [0.717, 1.165) is 38.0 Å². The van der Waals surface area contributed by atoms with Gasteiger partial charge < -0.3 is 26.2 Å². The first-order chi connectivity index (χ1) is 24.5. The molecule has 0 radical (unpaired) electrons. The molecule has 2 aromatic carbocycles. The highest BCUT2D eigenvalue weighted by atomic mass is 19.3. The lowest BCUT2D eigenvalue weighted by atomic mass is 9.81. The molecular formula is C37H46F2N8O4. The molecule has 14 heteroatoms. The van der Waals surface area contributed by atoms with Crippen molar-refractivity contribution < 1.29 is 28.0 Å². The van der Waals surface area contributed by atoms with Crippen LogP contribution in [0.2, 0.25) is 0 Å². The molecule has 1 aliphatic heterocycles. The normalized spacial score (nSPS) is 19.1. The number of urea groups is 1. The van der Waals surface area contributed by atoms with E-state index in [9.17, 15) is 28.0 Å². The molecule has 4 N–H and O–H groups in total. The SMILES string of the molecule is Cn1nccc1C(=O)N[C@H](C(=O)Nc1ccc(CC(NC(=O)NC2CC2)C(=O)N2CCN(Cc3ccccc3)CC2)cc1)C1CCC(F)(F)CC1. The van der Waals surface area contributed by atoms with E-state index < -0.39 is 35.7 Å². The number of hydrogen-bond acceptors (Lipinski definition) is 6. The highest BCUT2D eigenvalue weighted by Gasteiger charge is 2.40. The van der Waals surface area contributed by atoms with Crippen LogP contribution in [0.25, 0.3) is 0 Å². The van der Waals surface area contributed by atoms with Gasteiger partial charge in [-0.25, -0.2) is 13.6 Å². The van der Waals surface area contributed by atoms with E-state index in [0.29, 0.717) is 18.8 Å². The number of halogens is 2. The topological polar surface area (TPSA) is 141 Å². The second-order valence-electron chi connectivity index (χ2n) is 13.9. The minimum absolute atomic E-state index is 0.0918. The molecule has 272 valence electrons. The number of rotatable bonds is 12. The summed E-state index contributed by atoms with van der Waals surface area (Å²) in [5.74, 6) is -4.44. The first-order valence-electron chi connectivity index (χ1n) is 17.7. The molecule has 2 aliphatic carbocycles. The van der Waals surface area contributed by atoms with Crippen LogP contribution < -0.4 is 21.3 Å². The molecule has 2 saturated carbocycles. The number of alkyl halides is 2. The highest BCUT2D eigenvalue weighted by Crippen LogP contribution is 2.38. The van der Waals surface area contributed by atoms with E-state index in [2.05, 4.69) is 43.4 Å². The van der Waals surface area contributed by atoms with Crippen molar-refractivity contribution in [3.05, 3.63) is 83.7 Å². The van der Waals surface area contributed by atoms with Crippen LogP contribution in [0.1, 0.15) is 60.1 Å². The van der Waals surface area contributed by atoms with Crippen molar-refractivity contribution in [3.8, 4) is 0 Å². The Kier molecular flexibility index (Phi) is 11.3. The van der Waals surface area contributed by atoms with Crippen LogP contribution in [-0.2, 0) is 29.6 Å². The summed E-state index contributed by atoms with van der Waals surface area (Å²) in [6, 6.07) is 16.6. The quantitative estimate of drug-likeness (QED) is 0.227. The van der Waals surface area contributed by atoms with Crippen LogP contribution >= 0.6 is 0 Å². The van der Waals surface area contributed by atoms with Gasteiger partial charge in [-0.15, -0.1) is 0 Å². The predicted octanol–water partition coefficient (Wildman–Crippen LogP) is 3.70. The van der Waals surface area contributed by atoms with Crippen molar-refractivity contribution in [1.82, 2.24) is 35.5 Å². The van der Waals surface area contributed by atoms with E-state index in [1.807, 2.05) is 18.2 Å². The van der Waals surface area contributed by atoms with Gasteiger partial charge in [0.2, 0.25) is 17.7 Å². The first kappa shape index (κ1) is 36.0. The Morgan fingerprint density at radius 3 is 2.18 bits per heavy atom. The Balaban J connectivity index is 1.09. The summed E-state index contributed by atoms with van der Waals surface area (Å²) in [7, 11) is 1.60. The summed E-state index contributed by atoms with van der Waals surface area (Å²) in [6.45, 7) is 3.36. The van der Waals surface area contributed by atoms with Gasteiger partial charge in [-0.3, -0.25) is 24.0 Å². The van der Waals surface area contributed by atoms with Crippen molar-refractivity contribution >= 4 is 29.4 Å². The minimum atomic E-state index is -2.79. The lowest BCUT2D eigenvalue weighted by molar-refractivity contribution is -0.135. The summed E-state index contributed by atoms with van der Waals surface area (Å²) in [5, 5.41) is 15.4. The van der Waals surface area contributed by atoms with E-state index in [1.165, 1.54) is 22.5 Å². The van der Waals surface area contributed by atoms with Crippen molar-refractivity contribution in [1.29, 1.82) is 0 Å². The number of benzene rings is 2. The maximum absolute atomic E-state index is 14.0. The van der Waals surface area contributed by atoms with Crippen molar-refractivity contribution in [2.75, 3.05) is 31.5 Å². The van der Waals surface area contributed by atoms with E-state index in [4.69, 9.17) is 0 Å². The molecule has 6 rings (SSSR count). The number of nitrogens with one attached hydrogen (secondary N) is 4. The lowest BCUT2D eigenvalue weighted by Gasteiger charge is -2.36. The van der Waals surface area contributed by atoms with Gasteiger partial charge in [0.15, 0.2) is 0 Å². The van der Waals surface area contributed by atoms with Gasteiger partial charge in [-0.05, 0) is 60.9 Å². The molecule has 5 amide bonds. The Hall–Kier alpha value is -4.85. The second kappa shape index (κ2) is 16.0. The third-order valence-electron chi connectivity index (χ3n) is 9.97. The summed E-state index contributed by atoms with van der Waals surface area (Å²) in [4.78, 5) is 57.3. The maximum Gasteiger partial charge on any atom is 0.315 e. The van der Waals surface area contributed by atoms with Gasteiger partial charge in [-0.1, -0.05) is 42.5 Å². The van der Waals surface area contributed by atoms with E-state index in [-0.39, 0.29) is 55.8 Å². The molecule has 0 spiro atoms. The summed E-state index contributed by atoms with van der Waals surface area (Å²) in [6.07, 6.45) is 3.03. The standard InChI is InChI=1S/C37H46F2N8O4/c1-45-31(15-18-40-45)33(48)44-32(27-13-16-37(38,39)17-14-27)34(49)41-28-9-7-25(8-10-28)23-30(43-36(51)42-29-11-12-29)35(50)47-21-19-46(20-22-47)24-26-5-3-2-4-6-26/h2-10,15,18,27,29-30,32H,11-14,16-17,19-24H2,1H3,(H,41,49)(H,44,48)(H2,42,43,51)/t30?,32-/m0/s1. The maximum atomic E-state index is 14.0. The number of hydrogen-bond donors (Lipinski definition) is 4. The fourth-order valence-corrected chi connectivity index (χ4v) is 6.79. The number of carbonyl (C=O) groups excluding carboxylic acids is 4. The van der Waals surface area contributed by atoms with E-state index >= 15 is 0 Å². The number of amides is 5. The zero-order valence-electron chi connectivity index (χ0n) is 28.8. The summed E-state index contributed by atoms with van der Waals surface area (Å²) in [5.41, 5.74) is 2.69. The monoisotopic (exact) mass is 704 g/mol. The van der Waals surface area contributed by atoms with Gasteiger partial charge in [0.05, 0.1) is 0 Å². The molecule has 0 bridgehead atoms. The Bertz CT molecular complexity index is 1660. The summed E-state index contributed by atoms with van der Waals surface area (Å²) >= 11 is 0. The number of nitrogens with zero attached hydrogens (tertiary/aromatic N) is 4. The number of anilines is 1. The van der Waals surface area contributed by atoms with Gasteiger partial charge in [0.1, 0.15) is 17.8 Å². The van der Waals surface area contributed by atoms with Gasteiger partial charge in [0.25, 0.3) is 5.91 Å². The number of piperazine rings is 1. The smallest absolute Gasteiger partial charge is 0.315 e. The van der Waals surface area contributed by atoms with Gasteiger partial charge >= 0.3 is 6.03 Å². The van der Waals surface area contributed by atoms with Crippen LogP contribution in [0.4, 0.5) is 19.3 Å². The Morgan fingerprint density at radius 2 is 1.55 bits per heavy atom. The van der Waals surface area contributed by atoms with Gasteiger partial charge in [0, 0.05) is 77.0 Å². The number of aryl methyl sites for hydroxylation is 1. The fourth-order valence-electron chi connectivity index (χ4n) is 6.79. The van der Waals surface area contributed by atoms with Crippen LogP contribution in [0.5, 0.6) is 0 Å². The molecule has 2 heterocycles. The largest absolute Gasteiger partial charge is 0.339 e. The molecular weight excluding hydrogens is 658 g/mol. The first-order valence-corrected chi connectivity index (χ1v) is 17.7. The zero-order valence-corrected chi connectivity index (χ0v) is 28.8. The Labute approximate surface area is 296 Å². The number of aromatic nitrogens is 2. The molecule has 12 nitrogen and oxygen atoms in total. The van der Waals surface area contributed by atoms with Crippen molar-refractivity contribution in [2.24, 2.45) is 13.0 Å². The number of carbonyl (C=O) groups is 4. The van der Waals surface area contributed by atoms with Crippen molar-refractivity contribution in [3.63, 3.8) is 0 Å². The molecule has 3 fully saturated rings. The highest BCUT2D eigenvalue weighted by molar-refractivity contribution is 6.00. The average Bonchev–Trinajstić information content (AvgIpc) is 3.83. The van der Waals surface area contributed by atoms with Crippen LogP contribution in [-0.4, -0.2) is 93.6 Å². The summed E-state index contributed by atoms with van der Waals surface area (Å²) < 4.78 is 29.3. The van der Waals surface area contributed by atoms with Crippen LogP contribution in [0.15, 0.2) is 66.9 Å².